The van der Waals surface area contributed by atoms with Gasteiger partial charge in [-0.1, -0.05) is 0 Å². The van der Waals surface area contributed by atoms with Crippen molar-refractivity contribution in [2.24, 2.45) is 0 Å². The van der Waals surface area contributed by atoms with Crippen LogP contribution in [0.1, 0.15) is 12.1 Å². The zero-order chi connectivity index (χ0) is 14.1. The van der Waals surface area contributed by atoms with Crippen LogP contribution in [0.25, 0.3) is 0 Å². The number of hydrogen-bond acceptors (Lipinski definition) is 5. The maximum Gasteiger partial charge on any atom is 0.573 e. The fourth-order valence-corrected chi connectivity index (χ4v) is 1.03. The molecular formula is C7H4F5N3O3. The molecule has 18 heavy (non-hydrogen) atoms. The molecule has 1 aromatic rings. The third-order valence-electron chi connectivity index (χ3n) is 1.64. The van der Waals surface area contributed by atoms with E-state index in [1.165, 1.54) is 0 Å². The molecule has 0 unspecified atom stereocenters. The highest BCUT2D eigenvalue weighted by Crippen LogP contribution is 2.38. The fraction of sp³-hybridized carbons (Fsp3) is 0.286. The van der Waals surface area contributed by atoms with Gasteiger partial charge in [0.1, 0.15) is 5.69 Å². The average Bonchev–Trinajstić information content (AvgIpc) is 2.18. The molecular weight excluding hydrogens is 269 g/mol. The van der Waals surface area contributed by atoms with Crippen LogP contribution in [0.5, 0.6) is 5.75 Å². The number of alkyl halides is 5. The largest absolute Gasteiger partial charge is 0.573 e. The van der Waals surface area contributed by atoms with E-state index in [-0.39, 0.29) is 6.07 Å². The Morgan fingerprint density at radius 1 is 1.44 bits per heavy atom. The third-order valence-corrected chi connectivity index (χ3v) is 1.64. The summed E-state index contributed by atoms with van der Waals surface area (Å²) in [4.78, 5) is 12.0. The molecule has 0 aliphatic heterocycles. The zero-order valence-corrected chi connectivity index (χ0v) is 8.24. The summed E-state index contributed by atoms with van der Waals surface area (Å²) in [6.45, 7) is 0. The summed E-state index contributed by atoms with van der Waals surface area (Å²) in [7, 11) is 0. The first kappa shape index (κ1) is 13.9. The first-order valence-electron chi connectivity index (χ1n) is 4.10. The summed E-state index contributed by atoms with van der Waals surface area (Å²) < 4.78 is 63.6. The second-order valence-electron chi connectivity index (χ2n) is 2.89. The maximum absolute atomic E-state index is 12.3. The summed E-state index contributed by atoms with van der Waals surface area (Å²) in [6.07, 6.45) is -8.47. The molecule has 1 heterocycles. The van der Waals surface area contributed by atoms with Crippen LogP contribution in [-0.2, 0) is 0 Å². The molecule has 1 rings (SSSR count). The number of aromatic nitrogens is 1. The number of pyridine rings is 1. The van der Waals surface area contributed by atoms with Gasteiger partial charge in [-0.15, -0.1) is 13.2 Å². The molecule has 0 saturated carbocycles. The molecule has 0 atom stereocenters. The van der Waals surface area contributed by atoms with Gasteiger partial charge >= 0.3 is 12.0 Å². The second-order valence-corrected chi connectivity index (χ2v) is 2.89. The van der Waals surface area contributed by atoms with Gasteiger partial charge in [0.25, 0.3) is 6.43 Å². The van der Waals surface area contributed by atoms with Crippen LogP contribution in [-0.4, -0.2) is 16.3 Å². The molecule has 0 radical (unpaired) electrons. The van der Waals surface area contributed by atoms with E-state index in [2.05, 4.69) is 9.72 Å². The lowest BCUT2D eigenvalue weighted by molar-refractivity contribution is -0.388. The van der Waals surface area contributed by atoms with Crippen LogP contribution in [0, 0.1) is 10.1 Å². The van der Waals surface area contributed by atoms with E-state index in [9.17, 15) is 32.1 Å². The van der Waals surface area contributed by atoms with Crippen LogP contribution in [0.2, 0.25) is 0 Å². The second kappa shape index (κ2) is 4.58. The SMILES string of the molecule is Nc1nc(C(F)F)cc([N+](=O)[O-])c1OC(F)(F)F. The van der Waals surface area contributed by atoms with Gasteiger partial charge in [-0.3, -0.25) is 10.1 Å². The van der Waals surface area contributed by atoms with Gasteiger partial charge in [-0.05, 0) is 0 Å². The minimum Gasteiger partial charge on any atom is -0.394 e. The molecule has 0 saturated heterocycles. The topological polar surface area (TPSA) is 91.3 Å². The van der Waals surface area contributed by atoms with Crippen molar-refractivity contribution in [1.29, 1.82) is 0 Å². The monoisotopic (exact) mass is 273 g/mol. The Morgan fingerprint density at radius 2 is 2.00 bits per heavy atom. The van der Waals surface area contributed by atoms with Crippen LogP contribution >= 0.6 is 0 Å². The average molecular weight is 273 g/mol. The lowest BCUT2D eigenvalue weighted by atomic mass is 10.3. The summed E-state index contributed by atoms with van der Waals surface area (Å²) in [5.74, 6) is -2.56. The van der Waals surface area contributed by atoms with Gasteiger partial charge in [0, 0.05) is 6.07 Å². The third kappa shape index (κ3) is 3.15. The van der Waals surface area contributed by atoms with Gasteiger partial charge < -0.3 is 10.5 Å². The summed E-state index contributed by atoms with van der Waals surface area (Å²) in [5, 5.41) is 10.5. The van der Waals surface area contributed by atoms with Gasteiger partial charge in [0.05, 0.1) is 4.92 Å². The molecule has 2 N–H and O–H groups in total. The number of rotatable bonds is 3. The minimum absolute atomic E-state index is 0.169. The van der Waals surface area contributed by atoms with E-state index in [1.54, 1.807) is 0 Å². The minimum atomic E-state index is -5.26. The lowest BCUT2D eigenvalue weighted by Crippen LogP contribution is -2.19. The van der Waals surface area contributed by atoms with Crippen molar-refractivity contribution < 1.29 is 31.6 Å². The number of nitrogens with zero attached hydrogens (tertiary/aromatic N) is 2. The number of anilines is 1. The first-order chi connectivity index (χ1) is 8.11. The van der Waals surface area contributed by atoms with E-state index < -0.39 is 40.7 Å². The van der Waals surface area contributed by atoms with Crippen molar-refractivity contribution in [3.8, 4) is 5.75 Å². The predicted octanol–water partition coefficient (Wildman–Crippen LogP) is 2.41. The molecule has 0 bridgehead atoms. The Morgan fingerprint density at radius 3 is 2.39 bits per heavy atom. The van der Waals surface area contributed by atoms with Crippen LogP contribution < -0.4 is 10.5 Å². The van der Waals surface area contributed by atoms with Crippen LogP contribution in [0.4, 0.5) is 33.5 Å². The van der Waals surface area contributed by atoms with Gasteiger partial charge in [0.2, 0.25) is 5.75 Å². The lowest BCUT2D eigenvalue weighted by Gasteiger charge is -2.11. The van der Waals surface area contributed by atoms with Crippen molar-refractivity contribution >= 4 is 11.5 Å². The molecule has 11 heteroatoms. The smallest absolute Gasteiger partial charge is 0.394 e. The number of halogens is 5. The molecule has 100 valence electrons. The van der Waals surface area contributed by atoms with E-state index in [0.29, 0.717) is 0 Å². The van der Waals surface area contributed by atoms with E-state index in [4.69, 9.17) is 5.73 Å². The highest BCUT2D eigenvalue weighted by Gasteiger charge is 2.37. The van der Waals surface area contributed by atoms with E-state index >= 15 is 0 Å². The summed E-state index contributed by atoms with van der Waals surface area (Å²) in [5.41, 5.74) is 2.48. The quantitative estimate of drug-likeness (QED) is 0.518. The number of nitrogens with two attached hydrogens (primary N) is 1. The summed E-state index contributed by atoms with van der Waals surface area (Å²) in [6, 6.07) is 0.169. The van der Waals surface area contributed by atoms with Crippen molar-refractivity contribution in [1.82, 2.24) is 4.98 Å². The number of hydrogen-bond donors (Lipinski definition) is 1. The molecule has 1 aromatic heterocycles. The molecule has 6 nitrogen and oxygen atoms in total. The van der Waals surface area contributed by atoms with Gasteiger partial charge in [-0.25, -0.2) is 13.8 Å². The number of nitrogen functional groups attached to an aromatic ring is 1. The Balaban J connectivity index is 3.37. The van der Waals surface area contributed by atoms with Crippen LogP contribution in [0.3, 0.4) is 0 Å². The molecule has 0 aromatic carbocycles. The van der Waals surface area contributed by atoms with E-state index in [0.717, 1.165) is 0 Å². The van der Waals surface area contributed by atoms with Crippen molar-refractivity contribution in [3.05, 3.63) is 21.9 Å². The normalized spacial score (nSPS) is 11.7. The van der Waals surface area contributed by atoms with E-state index in [1.807, 2.05) is 0 Å². The highest BCUT2D eigenvalue weighted by atomic mass is 19.4. The Labute approximate surface area is 95.3 Å². The maximum atomic E-state index is 12.3. The first-order valence-corrected chi connectivity index (χ1v) is 4.10. The van der Waals surface area contributed by atoms with Crippen molar-refractivity contribution in [2.75, 3.05) is 5.73 Å². The number of ether oxygens (including phenoxy) is 1. The Hall–Kier alpha value is -2.20. The summed E-state index contributed by atoms with van der Waals surface area (Å²) >= 11 is 0. The fourth-order valence-electron chi connectivity index (χ4n) is 1.03. The standard InChI is InChI=1S/C7H4F5N3O3/c8-5(9)2-1-3(15(16)17)4(6(13)14-2)18-7(10,11)12/h1,5H,(H2,13,14). The zero-order valence-electron chi connectivity index (χ0n) is 8.24. The van der Waals surface area contributed by atoms with Gasteiger partial charge in [0.15, 0.2) is 5.82 Å². The Kier molecular flexibility index (Phi) is 3.53. The Bertz CT molecular complexity index is 476. The predicted molar refractivity (Wildman–Crippen MR) is 46.9 cm³/mol. The highest BCUT2D eigenvalue weighted by molar-refractivity contribution is 5.60. The van der Waals surface area contributed by atoms with Crippen LogP contribution in [0.15, 0.2) is 6.07 Å². The molecule has 0 amide bonds. The molecule has 0 fully saturated rings. The molecule has 0 aliphatic rings. The van der Waals surface area contributed by atoms with Crippen molar-refractivity contribution in [2.45, 2.75) is 12.8 Å². The molecule has 0 aliphatic carbocycles. The molecule has 0 spiro atoms. The number of nitro groups is 1. The van der Waals surface area contributed by atoms with Crippen molar-refractivity contribution in [3.63, 3.8) is 0 Å². The van der Waals surface area contributed by atoms with Gasteiger partial charge in [-0.2, -0.15) is 0 Å².